The van der Waals surface area contributed by atoms with Gasteiger partial charge in [-0.05, 0) is 24.3 Å². The number of rotatable bonds is 16. The molecule has 1 aromatic heterocycles. The van der Waals surface area contributed by atoms with Crippen molar-refractivity contribution in [2.24, 2.45) is 11.8 Å². The fourth-order valence-electron chi connectivity index (χ4n) is 4.48. The van der Waals surface area contributed by atoms with Crippen molar-refractivity contribution in [3.05, 3.63) is 52.0 Å². The number of carbonyl (C=O) groups is 3. The Morgan fingerprint density at radius 3 is 2.40 bits per heavy atom. The van der Waals surface area contributed by atoms with E-state index in [0.717, 1.165) is 11.8 Å². The van der Waals surface area contributed by atoms with E-state index in [9.17, 15) is 22.8 Å². The van der Waals surface area contributed by atoms with E-state index in [0.29, 0.717) is 17.8 Å². The van der Waals surface area contributed by atoms with Crippen molar-refractivity contribution >= 4 is 39.1 Å². The maximum atomic E-state index is 13.2. The van der Waals surface area contributed by atoms with Gasteiger partial charge in [0, 0.05) is 56.7 Å². The second kappa shape index (κ2) is 16.4. The van der Waals surface area contributed by atoms with Crippen LogP contribution in [-0.4, -0.2) is 68.0 Å². The van der Waals surface area contributed by atoms with E-state index in [2.05, 4.69) is 20.9 Å². The number of amides is 2. The number of hydrogen-bond donors (Lipinski definition) is 2. The van der Waals surface area contributed by atoms with Gasteiger partial charge in [-0.15, -0.1) is 23.7 Å². The molecular weight excluding hydrogens is 576 g/mol. The third kappa shape index (κ3) is 11.5. The highest BCUT2D eigenvalue weighted by Crippen LogP contribution is 2.31. The van der Waals surface area contributed by atoms with Gasteiger partial charge in [0.1, 0.15) is 10.7 Å². The first-order valence-electron chi connectivity index (χ1n) is 13.9. The molecule has 0 radical (unpaired) electrons. The molecule has 1 heterocycles. The van der Waals surface area contributed by atoms with Crippen LogP contribution in [0, 0.1) is 24.2 Å². The van der Waals surface area contributed by atoms with E-state index >= 15 is 0 Å². The zero-order chi connectivity index (χ0) is 31.4. The van der Waals surface area contributed by atoms with Crippen LogP contribution in [0.2, 0.25) is 0 Å². The summed E-state index contributed by atoms with van der Waals surface area (Å²) in [6.07, 6.45) is 7.45. The molecule has 0 fully saturated rings. The van der Waals surface area contributed by atoms with Crippen molar-refractivity contribution in [2.75, 3.05) is 19.8 Å². The van der Waals surface area contributed by atoms with Crippen molar-refractivity contribution in [3.8, 4) is 12.3 Å². The van der Waals surface area contributed by atoms with Crippen molar-refractivity contribution in [1.82, 2.24) is 19.9 Å². The monoisotopic (exact) mass is 618 g/mol. The van der Waals surface area contributed by atoms with Gasteiger partial charge in [0.05, 0.1) is 6.26 Å². The molecule has 4 atom stereocenters. The number of esters is 1. The number of aromatic nitrogens is 1. The highest BCUT2D eigenvalue weighted by atomic mass is 32.2. The van der Waals surface area contributed by atoms with E-state index in [1.54, 1.807) is 17.3 Å². The van der Waals surface area contributed by atoms with Crippen LogP contribution < -0.4 is 10.0 Å². The average molecular weight is 619 g/mol. The minimum Gasteiger partial charge on any atom is -0.455 e. The SMILES string of the molecule is C#C[C@@H](CC)CC(=O)N(C)[C@H](CC(OC(C)=O)c1nc(C(=O)N[C@H](CNS(C)(=O)=O)Cc2ccccc2)cs1)C(C)C. The van der Waals surface area contributed by atoms with Crippen molar-refractivity contribution in [3.63, 3.8) is 0 Å². The molecular formula is C30H42N4O6S2. The van der Waals surface area contributed by atoms with E-state index in [4.69, 9.17) is 11.2 Å². The Morgan fingerprint density at radius 1 is 1.19 bits per heavy atom. The molecule has 10 nitrogen and oxygen atoms in total. The molecule has 2 rings (SSSR count). The summed E-state index contributed by atoms with van der Waals surface area (Å²) in [6, 6.07) is 8.58. The molecule has 2 N–H and O–H groups in total. The van der Waals surface area contributed by atoms with Crippen molar-refractivity contribution < 1.29 is 27.5 Å². The lowest BCUT2D eigenvalue weighted by molar-refractivity contribution is -0.148. The van der Waals surface area contributed by atoms with E-state index in [1.165, 1.54) is 18.3 Å². The Hall–Kier alpha value is -3.27. The number of terminal acetylenes is 1. The first-order valence-corrected chi connectivity index (χ1v) is 16.6. The number of hydrogen-bond acceptors (Lipinski definition) is 8. The summed E-state index contributed by atoms with van der Waals surface area (Å²) in [4.78, 5) is 44.4. The molecule has 0 bridgehead atoms. The smallest absolute Gasteiger partial charge is 0.303 e. The maximum absolute atomic E-state index is 13.2. The van der Waals surface area contributed by atoms with Gasteiger partial charge in [0.2, 0.25) is 15.9 Å². The van der Waals surface area contributed by atoms with Gasteiger partial charge in [-0.25, -0.2) is 18.1 Å². The van der Waals surface area contributed by atoms with E-state index in [-0.39, 0.29) is 48.9 Å². The maximum Gasteiger partial charge on any atom is 0.303 e. The van der Waals surface area contributed by atoms with Gasteiger partial charge >= 0.3 is 5.97 Å². The number of ether oxygens (including phenoxy) is 1. The lowest BCUT2D eigenvalue weighted by Gasteiger charge is -2.34. The van der Waals surface area contributed by atoms with Crippen LogP contribution in [0.15, 0.2) is 35.7 Å². The number of nitrogens with one attached hydrogen (secondary N) is 2. The van der Waals surface area contributed by atoms with Crippen LogP contribution in [0.1, 0.15) is 74.1 Å². The Labute approximate surface area is 253 Å². The summed E-state index contributed by atoms with van der Waals surface area (Å²) in [5.41, 5.74) is 1.05. The number of carbonyl (C=O) groups excluding carboxylic acids is 3. The molecule has 12 heteroatoms. The molecule has 230 valence electrons. The molecule has 1 unspecified atom stereocenters. The molecule has 42 heavy (non-hydrogen) atoms. The first-order chi connectivity index (χ1) is 19.7. The number of sulfonamides is 1. The summed E-state index contributed by atoms with van der Waals surface area (Å²) >= 11 is 1.18. The van der Waals surface area contributed by atoms with Crippen LogP contribution in [0.25, 0.3) is 0 Å². The molecule has 0 aliphatic heterocycles. The molecule has 0 saturated carbocycles. The quantitative estimate of drug-likeness (QED) is 0.217. The minimum atomic E-state index is -3.47. The first kappa shape index (κ1) is 34.9. The van der Waals surface area contributed by atoms with E-state index < -0.39 is 34.0 Å². The Kier molecular flexibility index (Phi) is 13.6. The summed E-state index contributed by atoms with van der Waals surface area (Å²) in [5.74, 6) is 1.45. The van der Waals surface area contributed by atoms with Gasteiger partial charge < -0.3 is 15.0 Å². The minimum absolute atomic E-state index is 0.00152. The molecule has 0 spiro atoms. The van der Waals surface area contributed by atoms with Gasteiger partial charge in [-0.1, -0.05) is 51.1 Å². The summed E-state index contributed by atoms with van der Waals surface area (Å²) in [6.45, 7) is 7.21. The van der Waals surface area contributed by atoms with Gasteiger partial charge in [-0.3, -0.25) is 14.4 Å². The molecule has 0 aliphatic carbocycles. The van der Waals surface area contributed by atoms with Crippen LogP contribution in [0.5, 0.6) is 0 Å². The number of benzene rings is 1. The number of thiazole rings is 1. The lowest BCUT2D eigenvalue weighted by Crippen LogP contribution is -2.44. The molecule has 0 saturated heterocycles. The average Bonchev–Trinajstić information content (AvgIpc) is 3.42. The predicted molar refractivity (Wildman–Crippen MR) is 164 cm³/mol. The zero-order valence-corrected chi connectivity index (χ0v) is 26.8. The molecule has 0 aliphatic rings. The van der Waals surface area contributed by atoms with Gasteiger partial charge in [0.25, 0.3) is 5.91 Å². The summed E-state index contributed by atoms with van der Waals surface area (Å²) < 4.78 is 31.5. The van der Waals surface area contributed by atoms with Gasteiger partial charge in [0.15, 0.2) is 6.10 Å². The topological polar surface area (TPSA) is 135 Å². The van der Waals surface area contributed by atoms with Crippen LogP contribution >= 0.6 is 11.3 Å². The second-order valence-corrected chi connectivity index (χ2v) is 13.4. The van der Waals surface area contributed by atoms with Crippen molar-refractivity contribution in [1.29, 1.82) is 0 Å². The summed E-state index contributed by atoms with van der Waals surface area (Å²) in [5, 5.41) is 4.86. The molecule has 2 aromatic rings. The predicted octanol–water partition coefficient (Wildman–Crippen LogP) is 3.56. The lowest BCUT2D eigenvalue weighted by atomic mass is 9.95. The van der Waals surface area contributed by atoms with Crippen LogP contribution in [-0.2, 0) is 30.8 Å². The third-order valence-electron chi connectivity index (χ3n) is 6.86. The molecule has 1 aromatic carbocycles. The highest BCUT2D eigenvalue weighted by Gasteiger charge is 2.31. The summed E-state index contributed by atoms with van der Waals surface area (Å²) in [7, 11) is -1.75. The second-order valence-electron chi connectivity index (χ2n) is 10.7. The largest absolute Gasteiger partial charge is 0.455 e. The van der Waals surface area contributed by atoms with Crippen LogP contribution in [0.4, 0.5) is 0 Å². The third-order valence-corrected chi connectivity index (χ3v) is 8.48. The van der Waals surface area contributed by atoms with E-state index in [1.807, 2.05) is 51.1 Å². The Morgan fingerprint density at radius 2 is 1.86 bits per heavy atom. The van der Waals surface area contributed by atoms with Crippen LogP contribution in [0.3, 0.4) is 0 Å². The highest BCUT2D eigenvalue weighted by molar-refractivity contribution is 7.88. The zero-order valence-electron chi connectivity index (χ0n) is 25.1. The fraction of sp³-hybridized carbons (Fsp3) is 0.533. The molecule has 2 amide bonds. The Balaban J connectivity index is 2.24. The Bertz CT molecular complexity index is 1340. The fourth-order valence-corrected chi connectivity index (χ4v) is 5.82. The number of nitrogens with zero attached hydrogens (tertiary/aromatic N) is 2. The van der Waals surface area contributed by atoms with Crippen molar-refractivity contribution in [2.45, 2.75) is 71.6 Å². The standard InChI is InChI=1S/C30H42N4O6S2/c1-8-22(9-2)16-28(36)34(6)26(20(3)4)17-27(40-21(5)35)30-33-25(19-41-30)29(37)32-24(18-31-42(7,38)39)15-23-13-11-10-12-14-23/h1,10-14,19-20,22,24,26-27,31H,9,15-18H2,2-7H3,(H,32,37)/t22-,24-,26+,27?/m0/s1. The van der Waals surface area contributed by atoms with Gasteiger partial charge in [-0.2, -0.15) is 0 Å². The normalized spacial score (nSPS) is 14.3.